The van der Waals surface area contributed by atoms with Gasteiger partial charge in [-0.3, -0.25) is 14.9 Å². The first-order valence-corrected chi connectivity index (χ1v) is 6.03. The standard InChI is InChI=1S/C15H13N3O/c1-11-4-6-13(7-5-11)18-15(19)9-14(17-18)12-3-2-8-16-10-12/h2-10,17H,1H3. The van der Waals surface area contributed by atoms with Gasteiger partial charge in [-0.15, -0.1) is 0 Å². The van der Waals surface area contributed by atoms with Crippen LogP contribution in [0.3, 0.4) is 0 Å². The Morgan fingerprint density at radius 3 is 2.63 bits per heavy atom. The molecule has 2 heterocycles. The number of nitrogens with one attached hydrogen (secondary N) is 1. The maximum Gasteiger partial charge on any atom is 0.271 e. The van der Waals surface area contributed by atoms with Crippen LogP contribution in [-0.2, 0) is 0 Å². The fourth-order valence-corrected chi connectivity index (χ4v) is 1.95. The van der Waals surface area contributed by atoms with Gasteiger partial charge in [-0.25, -0.2) is 4.68 Å². The second-order valence-corrected chi connectivity index (χ2v) is 4.42. The highest BCUT2D eigenvalue weighted by atomic mass is 16.1. The summed E-state index contributed by atoms with van der Waals surface area (Å²) >= 11 is 0. The van der Waals surface area contributed by atoms with E-state index >= 15 is 0 Å². The molecular formula is C15H13N3O. The monoisotopic (exact) mass is 251 g/mol. The van der Waals surface area contributed by atoms with Crippen molar-refractivity contribution in [1.29, 1.82) is 0 Å². The lowest BCUT2D eigenvalue weighted by molar-refractivity contribution is 0.852. The number of hydrogen-bond acceptors (Lipinski definition) is 2. The molecule has 94 valence electrons. The second-order valence-electron chi connectivity index (χ2n) is 4.42. The number of rotatable bonds is 2. The Kier molecular flexibility index (Phi) is 2.76. The summed E-state index contributed by atoms with van der Waals surface area (Å²) in [6, 6.07) is 13.1. The normalized spacial score (nSPS) is 10.6. The molecule has 0 amide bonds. The quantitative estimate of drug-likeness (QED) is 0.761. The van der Waals surface area contributed by atoms with E-state index in [1.165, 1.54) is 4.68 Å². The molecule has 19 heavy (non-hydrogen) atoms. The molecule has 0 saturated carbocycles. The van der Waals surface area contributed by atoms with Crippen LogP contribution in [0.25, 0.3) is 16.9 Å². The number of aromatic nitrogens is 3. The number of aryl methyl sites for hydroxylation is 1. The molecule has 2 aromatic heterocycles. The molecule has 0 aliphatic rings. The van der Waals surface area contributed by atoms with Crippen LogP contribution < -0.4 is 5.56 Å². The molecule has 1 aromatic carbocycles. The number of aromatic amines is 1. The van der Waals surface area contributed by atoms with Gasteiger partial charge in [0.25, 0.3) is 5.56 Å². The summed E-state index contributed by atoms with van der Waals surface area (Å²) in [5.41, 5.74) is 3.56. The van der Waals surface area contributed by atoms with Gasteiger partial charge in [0.05, 0.1) is 11.4 Å². The summed E-state index contributed by atoms with van der Waals surface area (Å²) < 4.78 is 1.53. The van der Waals surface area contributed by atoms with E-state index in [1.807, 2.05) is 43.3 Å². The first-order chi connectivity index (χ1) is 9.24. The van der Waals surface area contributed by atoms with Crippen molar-refractivity contribution in [2.45, 2.75) is 6.92 Å². The Balaban J connectivity index is 2.08. The Bertz CT molecular complexity index is 739. The van der Waals surface area contributed by atoms with E-state index < -0.39 is 0 Å². The minimum Gasteiger partial charge on any atom is -0.290 e. The van der Waals surface area contributed by atoms with Crippen LogP contribution in [0.1, 0.15) is 5.56 Å². The van der Waals surface area contributed by atoms with Crippen molar-refractivity contribution in [2.75, 3.05) is 0 Å². The van der Waals surface area contributed by atoms with Crippen LogP contribution in [0, 0.1) is 6.92 Å². The summed E-state index contributed by atoms with van der Waals surface area (Å²) in [7, 11) is 0. The minimum absolute atomic E-state index is 0.0808. The summed E-state index contributed by atoms with van der Waals surface area (Å²) in [6.07, 6.45) is 3.43. The first kappa shape index (κ1) is 11.5. The SMILES string of the molecule is Cc1ccc(-n2[nH]c(-c3cccnc3)cc2=O)cc1. The molecule has 0 aliphatic carbocycles. The van der Waals surface area contributed by atoms with Crippen LogP contribution in [0.4, 0.5) is 0 Å². The first-order valence-electron chi connectivity index (χ1n) is 6.03. The van der Waals surface area contributed by atoms with Crippen LogP contribution in [-0.4, -0.2) is 14.8 Å². The molecule has 0 radical (unpaired) electrons. The summed E-state index contributed by atoms with van der Waals surface area (Å²) in [5.74, 6) is 0. The molecular weight excluding hydrogens is 238 g/mol. The van der Waals surface area contributed by atoms with Gasteiger partial charge in [-0.1, -0.05) is 17.7 Å². The van der Waals surface area contributed by atoms with E-state index in [9.17, 15) is 4.79 Å². The lowest BCUT2D eigenvalue weighted by Gasteiger charge is -2.02. The van der Waals surface area contributed by atoms with E-state index in [1.54, 1.807) is 18.5 Å². The number of benzene rings is 1. The highest BCUT2D eigenvalue weighted by Crippen LogP contribution is 2.14. The highest BCUT2D eigenvalue weighted by Gasteiger charge is 2.06. The average Bonchev–Trinajstić information content (AvgIpc) is 2.83. The van der Waals surface area contributed by atoms with Crippen LogP contribution in [0.2, 0.25) is 0 Å². The molecule has 3 rings (SSSR count). The zero-order valence-electron chi connectivity index (χ0n) is 10.5. The number of hydrogen-bond donors (Lipinski definition) is 1. The maximum atomic E-state index is 12.0. The fraction of sp³-hybridized carbons (Fsp3) is 0.0667. The Morgan fingerprint density at radius 2 is 1.95 bits per heavy atom. The van der Waals surface area contributed by atoms with Crippen molar-refractivity contribution in [3.63, 3.8) is 0 Å². The van der Waals surface area contributed by atoms with Gasteiger partial charge < -0.3 is 0 Å². The maximum absolute atomic E-state index is 12.0. The van der Waals surface area contributed by atoms with Gasteiger partial charge in [0.15, 0.2) is 0 Å². The van der Waals surface area contributed by atoms with Gasteiger partial charge >= 0.3 is 0 Å². The molecule has 0 bridgehead atoms. The summed E-state index contributed by atoms with van der Waals surface area (Å²) in [6.45, 7) is 2.02. The highest BCUT2D eigenvalue weighted by molar-refractivity contribution is 5.57. The second kappa shape index (κ2) is 4.57. The van der Waals surface area contributed by atoms with Gasteiger partial charge in [-0.2, -0.15) is 0 Å². The predicted octanol–water partition coefficient (Wildman–Crippen LogP) is 2.54. The number of pyridine rings is 1. The van der Waals surface area contributed by atoms with E-state index in [0.717, 1.165) is 22.5 Å². The molecule has 0 spiro atoms. The molecule has 0 saturated heterocycles. The van der Waals surface area contributed by atoms with Crippen molar-refractivity contribution in [2.24, 2.45) is 0 Å². The van der Waals surface area contributed by atoms with Crippen molar-refractivity contribution < 1.29 is 0 Å². The average molecular weight is 251 g/mol. The molecule has 4 nitrogen and oxygen atoms in total. The van der Waals surface area contributed by atoms with Gasteiger partial charge in [0, 0.05) is 24.0 Å². The Hall–Kier alpha value is -2.62. The molecule has 0 unspecified atom stereocenters. The van der Waals surface area contributed by atoms with Crippen molar-refractivity contribution in [1.82, 2.24) is 14.8 Å². The zero-order chi connectivity index (χ0) is 13.2. The molecule has 0 atom stereocenters. The minimum atomic E-state index is -0.0808. The largest absolute Gasteiger partial charge is 0.290 e. The van der Waals surface area contributed by atoms with E-state index in [4.69, 9.17) is 0 Å². The lowest BCUT2D eigenvalue weighted by Crippen LogP contribution is -2.13. The lowest BCUT2D eigenvalue weighted by atomic mass is 10.2. The Morgan fingerprint density at radius 1 is 1.16 bits per heavy atom. The molecule has 1 N–H and O–H groups in total. The van der Waals surface area contributed by atoms with E-state index in [2.05, 4.69) is 10.1 Å². The zero-order valence-corrected chi connectivity index (χ0v) is 10.5. The third-order valence-electron chi connectivity index (χ3n) is 2.99. The van der Waals surface area contributed by atoms with E-state index in [0.29, 0.717) is 0 Å². The smallest absolute Gasteiger partial charge is 0.271 e. The van der Waals surface area contributed by atoms with Crippen molar-refractivity contribution in [3.8, 4) is 16.9 Å². The van der Waals surface area contributed by atoms with Gasteiger partial charge in [0.1, 0.15) is 0 Å². The predicted molar refractivity (Wildman–Crippen MR) is 74.4 cm³/mol. The van der Waals surface area contributed by atoms with Gasteiger partial charge in [-0.05, 0) is 31.2 Å². The van der Waals surface area contributed by atoms with Crippen LogP contribution in [0.5, 0.6) is 0 Å². The number of nitrogens with zero attached hydrogens (tertiary/aromatic N) is 2. The molecule has 4 heteroatoms. The van der Waals surface area contributed by atoms with Crippen molar-refractivity contribution >= 4 is 0 Å². The summed E-state index contributed by atoms with van der Waals surface area (Å²) in [5, 5.41) is 3.10. The van der Waals surface area contributed by atoms with Crippen LogP contribution in [0.15, 0.2) is 59.7 Å². The molecule has 0 aliphatic heterocycles. The van der Waals surface area contributed by atoms with E-state index in [-0.39, 0.29) is 5.56 Å². The number of H-pyrrole nitrogens is 1. The molecule has 3 aromatic rings. The third kappa shape index (κ3) is 2.20. The fourth-order valence-electron chi connectivity index (χ4n) is 1.95. The third-order valence-corrected chi connectivity index (χ3v) is 2.99. The summed E-state index contributed by atoms with van der Waals surface area (Å²) in [4.78, 5) is 16.1. The molecule has 0 fully saturated rings. The van der Waals surface area contributed by atoms with Gasteiger partial charge in [0.2, 0.25) is 0 Å². The topological polar surface area (TPSA) is 50.7 Å². The van der Waals surface area contributed by atoms with Crippen LogP contribution >= 0.6 is 0 Å². The Labute approximate surface area is 110 Å². The van der Waals surface area contributed by atoms with Crippen molar-refractivity contribution in [3.05, 3.63) is 70.8 Å².